The molecule has 1 aromatic heterocycles. The van der Waals surface area contributed by atoms with E-state index in [9.17, 15) is 4.79 Å². The Labute approximate surface area is 129 Å². The van der Waals surface area contributed by atoms with Crippen LogP contribution in [-0.2, 0) is 4.79 Å². The average Bonchev–Trinajstić information content (AvgIpc) is 2.81. The third-order valence-electron chi connectivity index (χ3n) is 3.02. The molecule has 4 nitrogen and oxygen atoms in total. The molecule has 0 radical (unpaired) electrons. The second kappa shape index (κ2) is 6.72. The number of ether oxygens (including phenoxy) is 1. The van der Waals surface area contributed by atoms with Crippen molar-refractivity contribution in [3.8, 4) is 5.75 Å². The summed E-state index contributed by atoms with van der Waals surface area (Å²) < 4.78 is 5.68. The molecule has 0 aliphatic carbocycles. The van der Waals surface area contributed by atoms with Gasteiger partial charge >= 0.3 is 0 Å². The highest BCUT2D eigenvalue weighted by Crippen LogP contribution is 2.27. The standard InChI is InChI=1S/C16H20N2O2S/c1-10(2)13-6-5-11(3)7-14(13)20-9-15(19)18-16-17-8-12(4)21-16/h5-8,10H,9H2,1-4H3,(H,17,18,19). The van der Waals surface area contributed by atoms with Gasteiger partial charge in [-0.3, -0.25) is 10.1 Å². The SMILES string of the molecule is Cc1ccc(C(C)C)c(OCC(=O)Nc2ncc(C)s2)c1. The van der Waals surface area contributed by atoms with Crippen LogP contribution in [0.25, 0.3) is 0 Å². The fourth-order valence-electron chi connectivity index (χ4n) is 1.95. The van der Waals surface area contributed by atoms with Gasteiger partial charge in [0.1, 0.15) is 5.75 Å². The van der Waals surface area contributed by atoms with Gasteiger partial charge in [0, 0.05) is 11.1 Å². The molecule has 1 amide bonds. The van der Waals surface area contributed by atoms with Crippen LogP contribution < -0.4 is 10.1 Å². The van der Waals surface area contributed by atoms with E-state index in [0.717, 1.165) is 21.8 Å². The Balaban J connectivity index is 1.99. The second-order valence-electron chi connectivity index (χ2n) is 5.31. The highest BCUT2D eigenvalue weighted by atomic mass is 32.1. The number of carbonyl (C=O) groups is 1. The van der Waals surface area contributed by atoms with Crippen molar-refractivity contribution in [2.75, 3.05) is 11.9 Å². The van der Waals surface area contributed by atoms with Gasteiger partial charge in [-0.05, 0) is 37.0 Å². The maximum atomic E-state index is 11.9. The molecule has 1 N–H and O–H groups in total. The molecule has 2 aromatic rings. The molecule has 21 heavy (non-hydrogen) atoms. The van der Waals surface area contributed by atoms with Crippen LogP contribution in [0.2, 0.25) is 0 Å². The van der Waals surface area contributed by atoms with Crippen molar-refractivity contribution in [2.24, 2.45) is 0 Å². The van der Waals surface area contributed by atoms with E-state index in [4.69, 9.17) is 4.74 Å². The second-order valence-corrected chi connectivity index (χ2v) is 6.54. The number of rotatable bonds is 5. The first-order chi connectivity index (χ1) is 9.95. The first kappa shape index (κ1) is 15.5. The van der Waals surface area contributed by atoms with Crippen LogP contribution in [0.5, 0.6) is 5.75 Å². The fraction of sp³-hybridized carbons (Fsp3) is 0.375. The summed E-state index contributed by atoms with van der Waals surface area (Å²) in [6, 6.07) is 6.08. The Morgan fingerprint density at radius 3 is 2.76 bits per heavy atom. The summed E-state index contributed by atoms with van der Waals surface area (Å²) in [7, 11) is 0. The zero-order valence-electron chi connectivity index (χ0n) is 12.8. The van der Waals surface area contributed by atoms with E-state index in [1.165, 1.54) is 11.3 Å². The first-order valence-electron chi connectivity index (χ1n) is 6.91. The molecule has 0 aliphatic heterocycles. The van der Waals surface area contributed by atoms with E-state index < -0.39 is 0 Å². The van der Waals surface area contributed by atoms with E-state index in [1.807, 2.05) is 19.9 Å². The summed E-state index contributed by atoms with van der Waals surface area (Å²) in [4.78, 5) is 17.1. The number of amides is 1. The maximum Gasteiger partial charge on any atom is 0.264 e. The van der Waals surface area contributed by atoms with Gasteiger partial charge in [-0.15, -0.1) is 11.3 Å². The summed E-state index contributed by atoms with van der Waals surface area (Å²) in [5, 5.41) is 3.35. The number of benzene rings is 1. The van der Waals surface area contributed by atoms with Crippen LogP contribution >= 0.6 is 11.3 Å². The first-order valence-corrected chi connectivity index (χ1v) is 7.73. The third kappa shape index (κ3) is 4.29. The quantitative estimate of drug-likeness (QED) is 0.911. The van der Waals surface area contributed by atoms with Crippen LogP contribution in [0.4, 0.5) is 5.13 Å². The highest BCUT2D eigenvalue weighted by molar-refractivity contribution is 7.15. The lowest BCUT2D eigenvalue weighted by molar-refractivity contribution is -0.118. The number of nitrogens with zero attached hydrogens (tertiary/aromatic N) is 1. The summed E-state index contributed by atoms with van der Waals surface area (Å²) in [5.41, 5.74) is 2.23. The van der Waals surface area contributed by atoms with Crippen molar-refractivity contribution in [3.63, 3.8) is 0 Å². The number of anilines is 1. The predicted molar refractivity (Wildman–Crippen MR) is 86.2 cm³/mol. The van der Waals surface area contributed by atoms with Gasteiger partial charge in [0.05, 0.1) is 0 Å². The van der Waals surface area contributed by atoms with Gasteiger partial charge in [0.25, 0.3) is 5.91 Å². The Morgan fingerprint density at radius 1 is 1.38 bits per heavy atom. The summed E-state index contributed by atoms with van der Waals surface area (Å²) in [5.74, 6) is 0.932. The average molecular weight is 304 g/mol. The molecule has 0 saturated heterocycles. The molecule has 0 aliphatic rings. The minimum atomic E-state index is -0.194. The van der Waals surface area contributed by atoms with E-state index in [1.54, 1.807) is 6.20 Å². The van der Waals surface area contributed by atoms with Crippen LogP contribution in [0.15, 0.2) is 24.4 Å². The van der Waals surface area contributed by atoms with Crippen molar-refractivity contribution >= 4 is 22.4 Å². The zero-order chi connectivity index (χ0) is 15.4. The number of carbonyl (C=O) groups excluding carboxylic acids is 1. The zero-order valence-corrected chi connectivity index (χ0v) is 13.6. The number of hydrogen-bond donors (Lipinski definition) is 1. The van der Waals surface area contributed by atoms with Crippen molar-refractivity contribution in [1.82, 2.24) is 4.98 Å². The number of nitrogens with one attached hydrogen (secondary N) is 1. The van der Waals surface area contributed by atoms with Gasteiger partial charge in [-0.25, -0.2) is 4.98 Å². The fourth-order valence-corrected chi connectivity index (χ4v) is 2.64. The third-order valence-corrected chi connectivity index (χ3v) is 3.85. The molecule has 0 bridgehead atoms. The van der Waals surface area contributed by atoms with Crippen molar-refractivity contribution in [1.29, 1.82) is 0 Å². The van der Waals surface area contributed by atoms with E-state index in [0.29, 0.717) is 11.0 Å². The predicted octanol–water partition coefficient (Wildman–Crippen LogP) is 3.90. The van der Waals surface area contributed by atoms with Crippen LogP contribution in [0, 0.1) is 13.8 Å². The highest BCUT2D eigenvalue weighted by Gasteiger charge is 2.11. The minimum absolute atomic E-state index is 0.0121. The minimum Gasteiger partial charge on any atom is -0.483 e. The Hall–Kier alpha value is -1.88. The summed E-state index contributed by atoms with van der Waals surface area (Å²) in [6.45, 7) is 8.16. The molecule has 0 unspecified atom stereocenters. The Kier molecular flexibility index (Phi) is 4.96. The monoisotopic (exact) mass is 304 g/mol. The molecule has 1 heterocycles. The van der Waals surface area contributed by atoms with Crippen LogP contribution in [0.1, 0.15) is 35.8 Å². The molecule has 5 heteroatoms. The number of hydrogen-bond acceptors (Lipinski definition) is 4. The Morgan fingerprint density at radius 2 is 2.14 bits per heavy atom. The normalized spacial score (nSPS) is 10.7. The van der Waals surface area contributed by atoms with Gasteiger partial charge in [-0.1, -0.05) is 26.0 Å². The van der Waals surface area contributed by atoms with E-state index in [-0.39, 0.29) is 12.5 Å². The lowest BCUT2D eigenvalue weighted by Gasteiger charge is -2.14. The van der Waals surface area contributed by atoms with Gasteiger partial charge in [0.2, 0.25) is 0 Å². The molecule has 0 atom stereocenters. The van der Waals surface area contributed by atoms with Crippen molar-refractivity contribution in [2.45, 2.75) is 33.6 Å². The summed E-state index contributed by atoms with van der Waals surface area (Å²) in [6.07, 6.45) is 1.73. The smallest absolute Gasteiger partial charge is 0.264 e. The van der Waals surface area contributed by atoms with Gasteiger partial charge < -0.3 is 4.74 Å². The molecular weight excluding hydrogens is 284 g/mol. The number of aromatic nitrogens is 1. The number of aryl methyl sites for hydroxylation is 2. The van der Waals surface area contributed by atoms with Crippen LogP contribution in [0.3, 0.4) is 0 Å². The van der Waals surface area contributed by atoms with Gasteiger partial charge in [-0.2, -0.15) is 0 Å². The van der Waals surface area contributed by atoms with Gasteiger partial charge in [0.15, 0.2) is 11.7 Å². The number of thiazole rings is 1. The van der Waals surface area contributed by atoms with Crippen LogP contribution in [-0.4, -0.2) is 17.5 Å². The lowest BCUT2D eigenvalue weighted by Crippen LogP contribution is -2.20. The molecular formula is C16H20N2O2S. The Bertz CT molecular complexity index is 635. The largest absolute Gasteiger partial charge is 0.483 e. The van der Waals surface area contributed by atoms with Crippen molar-refractivity contribution in [3.05, 3.63) is 40.4 Å². The maximum absolute atomic E-state index is 11.9. The molecule has 112 valence electrons. The van der Waals surface area contributed by atoms with E-state index >= 15 is 0 Å². The topological polar surface area (TPSA) is 51.2 Å². The lowest BCUT2D eigenvalue weighted by atomic mass is 10.0. The van der Waals surface area contributed by atoms with E-state index in [2.05, 4.69) is 36.3 Å². The summed E-state index contributed by atoms with van der Waals surface area (Å²) >= 11 is 1.45. The van der Waals surface area contributed by atoms with Crippen molar-refractivity contribution < 1.29 is 9.53 Å². The molecule has 2 rings (SSSR count). The molecule has 0 fully saturated rings. The molecule has 0 saturated carbocycles. The molecule has 0 spiro atoms. The molecule has 1 aromatic carbocycles.